The number of H-pyrrole nitrogens is 1. The first kappa shape index (κ1) is 30.3. The van der Waals surface area contributed by atoms with Gasteiger partial charge in [0.2, 0.25) is 0 Å². The van der Waals surface area contributed by atoms with Gasteiger partial charge in [-0.05, 0) is 43.7 Å². The molecule has 0 bridgehead atoms. The maximum Gasteiger partial charge on any atom is 0.303 e. The van der Waals surface area contributed by atoms with Crippen LogP contribution in [0, 0.1) is 0 Å². The van der Waals surface area contributed by atoms with E-state index in [0.29, 0.717) is 24.9 Å². The van der Waals surface area contributed by atoms with Gasteiger partial charge in [-0.15, -0.1) is 0 Å². The molecular formula is C26H38N4O4. The van der Waals surface area contributed by atoms with E-state index in [1.54, 1.807) is 31.1 Å². The fraction of sp³-hybridized carbons (Fsp3) is 0.385. The second-order valence-electron chi connectivity index (χ2n) is 7.05. The minimum atomic E-state index is -0.770. The first-order chi connectivity index (χ1) is 16.3. The van der Waals surface area contributed by atoms with Gasteiger partial charge in [-0.25, -0.2) is 4.99 Å². The highest BCUT2D eigenvalue weighted by Crippen LogP contribution is 2.15. The van der Waals surface area contributed by atoms with E-state index in [-0.39, 0.29) is 17.9 Å². The minimum absolute atomic E-state index is 0.0335. The molecule has 0 saturated heterocycles. The van der Waals surface area contributed by atoms with Crippen LogP contribution in [0.2, 0.25) is 0 Å². The van der Waals surface area contributed by atoms with E-state index >= 15 is 0 Å². The normalized spacial score (nSPS) is 11.3. The van der Waals surface area contributed by atoms with E-state index in [1.165, 1.54) is 0 Å². The van der Waals surface area contributed by atoms with E-state index in [4.69, 9.17) is 10.8 Å². The fourth-order valence-corrected chi connectivity index (χ4v) is 2.84. The number of fused-ring (bicyclic) bond motifs is 1. The highest BCUT2D eigenvalue weighted by atomic mass is 16.4. The summed E-state index contributed by atoms with van der Waals surface area (Å²) in [5.74, 6) is -0.485. The Morgan fingerprint density at radius 2 is 1.79 bits per heavy atom. The number of aliphatic imine (C=N–C) groups is 1. The average Bonchev–Trinajstić information content (AvgIpc) is 2.85. The summed E-state index contributed by atoms with van der Waals surface area (Å²) in [4.78, 5) is 40.7. The zero-order chi connectivity index (χ0) is 25.9. The topological polar surface area (TPSA) is 129 Å². The summed E-state index contributed by atoms with van der Waals surface area (Å²) in [6, 6.07) is 7.60. The van der Waals surface area contributed by atoms with Crippen molar-refractivity contribution in [3.8, 4) is 0 Å². The standard InChI is InChI=1S/C12H21N3O3.C12H11NO.C2H6/c1-3-10(9-16)14-12(13)15(2)8-6-4-5-7-11(17)18;1-2-5-9-8-13-12(14)11-7-4-3-6-10(9)11;1-2/h3,9H,4-8H2,1-2H3,(H2,13,14)(H,17,18);2-8H,1H3,(H,13,14);1-2H3/b10-3-;5-2+;. The lowest BCUT2D eigenvalue weighted by atomic mass is 10.1. The number of guanidine groups is 1. The fourth-order valence-electron chi connectivity index (χ4n) is 2.84. The van der Waals surface area contributed by atoms with Gasteiger partial charge in [-0.3, -0.25) is 14.4 Å². The van der Waals surface area contributed by atoms with E-state index < -0.39 is 5.97 Å². The van der Waals surface area contributed by atoms with Gasteiger partial charge >= 0.3 is 5.97 Å². The predicted molar refractivity (Wildman–Crippen MR) is 141 cm³/mol. The van der Waals surface area contributed by atoms with Gasteiger partial charge in [0.15, 0.2) is 12.2 Å². The minimum Gasteiger partial charge on any atom is -0.481 e. The first-order valence-electron chi connectivity index (χ1n) is 11.5. The smallest absolute Gasteiger partial charge is 0.303 e. The Morgan fingerprint density at radius 1 is 1.15 bits per heavy atom. The van der Waals surface area contributed by atoms with Crippen LogP contribution >= 0.6 is 0 Å². The van der Waals surface area contributed by atoms with Gasteiger partial charge < -0.3 is 20.7 Å². The Hall–Kier alpha value is -3.68. The molecule has 0 atom stereocenters. The SMILES string of the molecule is C/C=C(/C=O)N=C(N)N(C)CCCCCC(=O)O.C/C=C/c1c[nH]c(=O)c2ccccc12.CC. The van der Waals surface area contributed by atoms with Crippen LogP contribution in [0.4, 0.5) is 0 Å². The predicted octanol–water partition coefficient (Wildman–Crippen LogP) is 4.57. The van der Waals surface area contributed by atoms with Gasteiger partial charge in [-0.1, -0.05) is 56.7 Å². The number of aromatic amines is 1. The molecule has 0 radical (unpaired) electrons. The van der Waals surface area contributed by atoms with Crippen LogP contribution in [0.15, 0.2) is 58.1 Å². The molecule has 1 aromatic carbocycles. The third kappa shape index (κ3) is 11.3. The summed E-state index contributed by atoms with van der Waals surface area (Å²) in [7, 11) is 1.79. The number of aliphatic carboxylic acids is 1. The zero-order valence-corrected chi connectivity index (χ0v) is 20.9. The Balaban J connectivity index is 0.000000608. The van der Waals surface area contributed by atoms with E-state index in [2.05, 4.69) is 9.98 Å². The summed E-state index contributed by atoms with van der Waals surface area (Å²) < 4.78 is 0. The molecule has 0 aliphatic heterocycles. The number of nitrogens with one attached hydrogen (secondary N) is 1. The van der Waals surface area contributed by atoms with Crippen LogP contribution in [-0.2, 0) is 9.59 Å². The quantitative estimate of drug-likeness (QED) is 0.162. The summed E-state index contributed by atoms with van der Waals surface area (Å²) in [5.41, 5.74) is 7.02. The number of carboxylic acids is 1. The number of carbonyl (C=O) groups is 2. The highest BCUT2D eigenvalue weighted by molar-refractivity contribution is 5.89. The average molecular weight is 471 g/mol. The highest BCUT2D eigenvalue weighted by Gasteiger charge is 2.03. The molecule has 34 heavy (non-hydrogen) atoms. The Bertz CT molecular complexity index is 1040. The molecule has 8 nitrogen and oxygen atoms in total. The van der Waals surface area contributed by atoms with Gasteiger partial charge in [0, 0.05) is 31.6 Å². The number of hydrogen-bond acceptors (Lipinski definition) is 4. The number of unbranched alkanes of at least 4 members (excludes halogenated alkanes) is 2. The van der Waals surface area contributed by atoms with Crippen molar-refractivity contribution in [2.45, 2.75) is 53.4 Å². The second-order valence-corrected chi connectivity index (χ2v) is 7.05. The van der Waals surface area contributed by atoms with Crippen molar-refractivity contribution >= 4 is 35.1 Å². The maximum absolute atomic E-state index is 11.5. The van der Waals surface area contributed by atoms with Crippen molar-refractivity contribution in [2.24, 2.45) is 10.7 Å². The summed E-state index contributed by atoms with van der Waals surface area (Å²) >= 11 is 0. The van der Waals surface area contributed by atoms with Crippen LogP contribution in [0.1, 0.15) is 58.9 Å². The van der Waals surface area contributed by atoms with Crippen molar-refractivity contribution in [3.05, 3.63) is 64.2 Å². The molecule has 4 N–H and O–H groups in total. The van der Waals surface area contributed by atoms with E-state index in [1.807, 2.05) is 57.2 Å². The molecule has 0 aliphatic rings. The number of carboxylic acid groups (broad SMARTS) is 1. The third-order valence-corrected chi connectivity index (χ3v) is 4.62. The molecule has 8 heteroatoms. The van der Waals surface area contributed by atoms with Crippen LogP contribution < -0.4 is 11.3 Å². The molecule has 0 saturated carbocycles. The number of pyridine rings is 1. The monoisotopic (exact) mass is 470 g/mol. The summed E-state index contributed by atoms with van der Waals surface area (Å²) in [6.45, 7) is 8.36. The van der Waals surface area contributed by atoms with Gasteiger partial charge in [0.05, 0.1) is 0 Å². The number of hydrogen-bond donors (Lipinski definition) is 3. The van der Waals surface area contributed by atoms with Gasteiger partial charge in [-0.2, -0.15) is 0 Å². The lowest BCUT2D eigenvalue weighted by molar-refractivity contribution is -0.137. The van der Waals surface area contributed by atoms with E-state index in [9.17, 15) is 14.4 Å². The lowest BCUT2D eigenvalue weighted by Crippen LogP contribution is -2.34. The van der Waals surface area contributed by atoms with Crippen molar-refractivity contribution in [3.63, 3.8) is 0 Å². The Morgan fingerprint density at radius 3 is 2.35 bits per heavy atom. The Kier molecular flexibility index (Phi) is 15.9. The van der Waals surface area contributed by atoms with Crippen molar-refractivity contribution in [1.29, 1.82) is 0 Å². The molecule has 0 aliphatic carbocycles. The number of aromatic nitrogens is 1. The molecule has 1 heterocycles. The van der Waals surface area contributed by atoms with Crippen LogP contribution in [0.5, 0.6) is 0 Å². The van der Waals surface area contributed by atoms with E-state index in [0.717, 1.165) is 29.2 Å². The van der Waals surface area contributed by atoms with Crippen LogP contribution in [-0.4, -0.2) is 46.8 Å². The molecule has 2 aromatic rings. The zero-order valence-electron chi connectivity index (χ0n) is 20.9. The number of nitrogens with zero attached hydrogens (tertiary/aromatic N) is 2. The Labute approximate surface area is 201 Å². The second kappa shape index (κ2) is 17.8. The summed E-state index contributed by atoms with van der Waals surface area (Å²) in [6.07, 6.45) is 10.4. The maximum atomic E-state index is 11.5. The molecule has 0 amide bonds. The summed E-state index contributed by atoms with van der Waals surface area (Å²) in [5, 5.41) is 10.2. The largest absolute Gasteiger partial charge is 0.481 e. The molecule has 186 valence electrons. The number of carbonyl (C=O) groups excluding carboxylic acids is 1. The number of nitrogens with two attached hydrogens (primary N) is 1. The number of benzene rings is 1. The molecule has 0 spiro atoms. The number of allylic oxidation sites excluding steroid dienone is 3. The van der Waals surface area contributed by atoms with Gasteiger partial charge in [0.25, 0.3) is 5.56 Å². The molecule has 0 unspecified atom stereocenters. The third-order valence-electron chi connectivity index (χ3n) is 4.62. The number of aldehydes is 1. The van der Waals surface area contributed by atoms with Crippen molar-refractivity contribution in [1.82, 2.24) is 9.88 Å². The molecular weight excluding hydrogens is 432 g/mol. The van der Waals surface area contributed by atoms with Crippen LogP contribution in [0.25, 0.3) is 16.8 Å². The first-order valence-corrected chi connectivity index (χ1v) is 11.5. The van der Waals surface area contributed by atoms with Crippen molar-refractivity contribution in [2.75, 3.05) is 13.6 Å². The van der Waals surface area contributed by atoms with Crippen molar-refractivity contribution < 1.29 is 14.7 Å². The molecule has 2 rings (SSSR count). The lowest BCUT2D eigenvalue weighted by Gasteiger charge is -2.17. The molecule has 1 aromatic heterocycles. The van der Waals surface area contributed by atoms with Crippen LogP contribution in [0.3, 0.4) is 0 Å². The number of rotatable bonds is 9. The van der Waals surface area contributed by atoms with Gasteiger partial charge in [0.1, 0.15) is 5.70 Å². The molecule has 0 fully saturated rings.